The molecule has 1 unspecified atom stereocenters. The van der Waals surface area contributed by atoms with Crippen molar-refractivity contribution in [1.29, 1.82) is 0 Å². The Morgan fingerprint density at radius 3 is 2.85 bits per heavy atom. The first kappa shape index (κ1) is 17.0. The van der Waals surface area contributed by atoms with Crippen LogP contribution in [-0.2, 0) is 0 Å². The number of likely N-dealkylation sites (tertiary alicyclic amines) is 1. The Morgan fingerprint density at radius 2 is 2.12 bits per heavy atom. The average molecular weight is 366 g/mol. The highest BCUT2D eigenvalue weighted by atomic mass is 32.1. The number of nitrogens with one attached hydrogen (secondary N) is 1. The first-order valence-corrected chi connectivity index (χ1v) is 9.81. The fraction of sp³-hybridized carbons (Fsp3) is 0.300. The maximum Gasteiger partial charge on any atom is 0.274 e. The average Bonchev–Trinajstić information content (AvgIpc) is 3.42. The zero-order valence-electron chi connectivity index (χ0n) is 14.8. The van der Waals surface area contributed by atoms with Gasteiger partial charge in [0.1, 0.15) is 0 Å². The van der Waals surface area contributed by atoms with Crippen LogP contribution < -0.4 is 5.32 Å². The van der Waals surface area contributed by atoms with Gasteiger partial charge < -0.3 is 10.2 Å². The Balaban J connectivity index is 1.73. The number of hydrogen-bond acceptors (Lipinski definition) is 4. The molecule has 1 atom stereocenters. The van der Waals surface area contributed by atoms with Crippen LogP contribution >= 0.6 is 11.3 Å². The molecule has 6 heteroatoms. The predicted octanol–water partition coefficient (Wildman–Crippen LogP) is 3.42. The van der Waals surface area contributed by atoms with E-state index in [9.17, 15) is 4.79 Å². The maximum absolute atomic E-state index is 13.1. The van der Waals surface area contributed by atoms with E-state index in [0.29, 0.717) is 5.69 Å². The van der Waals surface area contributed by atoms with Gasteiger partial charge in [-0.05, 0) is 49.5 Å². The summed E-state index contributed by atoms with van der Waals surface area (Å²) >= 11 is 1.66. The van der Waals surface area contributed by atoms with Crippen molar-refractivity contribution in [3.63, 3.8) is 0 Å². The second kappa shape index (κ2) is 7.43. The molecular formula is C20H22N4OS. The van der Waals surface area contributed by atoms with Gasteiger partial charge in [-0.15, -0.1) is 11.3 Å². The van der Waals surface area contributed by atoms with Crippen LogP contribution in [0.2, 0.25) is 0 Å². The second-order valence-electron chi connectivity index (χ2n) is 6.49. The van der Waals surface area contributed by atoms with Gasteiger partial charge in [0, 0.05) is 19.1 Å². The Bertz CT molecular complexity index is 873. The molecule has 5 nitrogen and oxygen atoms in total. The van der Waals surface area contributed by atoms with Crippen molar-refractivity contribution in [3.05, 3.63) is 59.6 Å². The Hall–Kier alpha value is -2.44. The number of carbonyl (C=O) groups is 1. The van der Waals surface area contributed by atoms with Gasteiger partial charge in [0.2, 0.25) is 0 Å². The van der Waals surface area contributed by atoms with E-state index in [-0.39, 0.29) is 11.9 Å². The number of carbonyl (C=O) groups excluding carboxylic acids is 1. The summed E-state index contributed by atoms with van der Waals surface area (Å²) in [5, 5.41) is 9.92. The van der Waals surface area contributed by atoms with E-state index in [0.717, 1.165) is 42.2 Å². The van der Waals surface area contributed by atoms with Gasteiger partial charge in [-0.3, -0.25) is 4.79 Å². The van der Waals surface area contributed by atoms with Gasteiger partial charge in [-0.25, -0.2) is 4.68 Å². The van der Waals surface area contributed by atoms with Crippen LogP contribution in [0.4, 0.5) is 0 Å². The Morgan fingerprint density at radius 1 is 1.27 bits per heavy atom. The van der Waals surface area contributed by atoms with Crippen molar-refractivity contribution in [1.82, 2.24) is 20.0 Å². The monoisotopic (exact) mass is 366 g/mol. The van der Waals surface area contributed by atoms with Crippen LogP contribution in [-0.4, -0.2) is 46.8 Å². The third-order valence-electron chi connectivity index (χ3n) is 4.78. The number of benzene rings is 1. The summed E-state index contributed by atoms with van der Waals surface area (Å²) in [5.41, 5.74) is 2.43. The lowest BCUT2D eigenvalue weighted by Gasteiger charge is -2.23. The molecule has 3 aromatic rings. The molecule has 1 amide bonds. The Kier molecular flexibility index (Phi) is 4.86. The lowest BCUT2D eigenvalue weighted by molar-refractivity contribution is 0.0730. The van der Waals surface area contributed by atoms with Gasteiger partial charge in [-0.1, -0.05) is 24.3 Å². The molecule has 1 aliphatic rings. The fourth-order valence-electron chi connectivity index (χ4n) is 3.55. The molecular weight excluding hydrogens is 344 g/mol. The normalized spacial score (nSPS) is 17.0. The third kappa shape index (κ3) is 3.18. The number of para-hydroxylation sites is 1. The molecule has 0 bridgehead atoms. The summed E-state index contributed by atoms with van der Waals surface area (Å²) in [6.45, 7) is 1.63. The number of nitrogens with zero attached hydrogens (tertiary/aromatic N) is 3. The Labute approximate surface area is 157 Å². The number of aromatic nitrogens is 2. The highest BCUT2D eigenvalue weighted by Crippen LogP contribution is 2.29. The molecule has 0 radical (unpaired) electrons. The topological polar surface area (TPSA) is 50.2 Å². The summed E-state index contributed by atoms with van der Waals surface area (Å²) < 4.78 is 1.88. The first-order valence-electron chi connectivity index (χ1n) is 8.93. The van der Waals surface area contributed by atoms with Crippen molar-refractivity contribution in [2.45, 2.75) is 18.9 Å². The minimum absolute atomic E-state index is 0.0234. The van der Waals surface area contributed by atoms with E-state index in [2.05, 4.69) is 16.5 Å². The largest absolute Gasteiger partial charge is 0.333 e. The molecule has 26 heavy (non-hydrogen) atoms. The van der Waals surface area contributed by atoms with Crippen molar-refractivity contribution >= 4 is 17.2 Å². The molecule has 1 saturated heterocycles. The number of thiophene rings is 1. The molecule has 1 aliphatic heterocycles. The molecule has 2 aromatic heterocycles. The lowest BCUT2D eigenvalue weighted by Crippen LogP contribution is -2.41. The van der Waals surface area contributed by atoms with E-state index in [1.807, 2.05) is 64.5 Å². The number of amides is 1. The molecule has 1 fully saturated rings. The second-order valence-corrected chi connectivity index (χ2v) is 7.44. The predicted molar refractivity (Wildman–Crippen MR) is 105 cm³/mol. The standard InChI is InChI=1S/C20H22N4OS/c1-21-14-16-9-5-11-23(16)20(25)17-13-18(19-10-6-12-26-19)24(22-17)15-7-3-2-4-8-15/h2-4,6-8,10,12-13,16,21H,5,9,11,14H2,1H3. The van der Waals surface area contributed by atoms with Gasteiger partial charge in [-0.2, -0.15) is 5.10 Å². The van der Waals surface area contributed by atoms with Crippen LogP contribution in [0.3, 0.4) is 0 Å². The van der Waals surface area contributed by atoms with Crippen LogP contribution in [0.1, 0.15) is 23.3 Å². The summed E-state index contributed by atoms with van der Waals surface area (Å²) in [5.74, 6) is 0.0234. The van der Waals surface area contributed by atoms with E-state index in [1.165, 1.54) is 0 Å². The fourth-order valence-corrected chi connectivity index (χ4v) is 4.28. The molecule has 0 spiro atoms. The number of rotatable bonds is 5. The molecule has 1 N–H and O–H groups in total. The smallest absolute Gasteiger partial charge is 0.274 e. The summed E-state index contributed by atoms with van der Waals surface area (Å²) in [7, 11) is 1.93. The molecule has 134 valence electrons. The van der Waals surface area contributed by atoms with Crippen molar-refractivity contribution in [2.24, 2.45) is 0 Å². The minimum Gasteiger partial charge on any atom is -0.333 e. The molecule has 4 rings (SSSR count). The zero-order valence-corrected chi connectivity index (χ0v) is 15.6. The van der Waals surface area contributed by atoms with Gasteiger partial charge in [0.05, 0.1) is 16.3 Å². The SMILES string of the molecule is CNCC1CCCN1C(=O)c1cc(-c2cccs2)n(-c2ccccc2)n1. The third-order valence-corrected chi connectivity index (χ3v) is 5.67. The lowest BCUT2D eigenvalue weighted by atomic mass is 10.2. The van der Waals surface area contributed by atoms with E-state index < -0.39 is 0 Å². The summed E-state index contributed by atoms with van der Waals surface area (Å²) in [4.78, 5) is 16.2. The first-order chi connectivity index (χ1) is 12.8. The summed E-state index contributed by atoms with van der Waals surface area (Å²) in [6.07, 6.45) is 2.10. The van der Waals surface area contributed by atoms with Crippen LogP contribution in [0, 0.1) is 0 Å². The van der Waals surface area contributed by atoms with Crippen LogP contribution in [0.15, 0.2) is 53.9 Å². The number of hydrogen-bond donors (Lipinski definition) is 1. The van der Waals surface area contributed by atoms with Crippen LogP contribution in [0.25, 0.3) is 16.3 Å². The van der Waals surface area contributed by atoms with Gasteiger partial charge >= 0.3 is 0 Å². The molecule has 3 heterocycles. The van der Waals surface area contributed by atoms with E-state index >= 15 is 0 Å². The maximum atomic E-state index is 13.1. The highest BCUT2D eigenvalue weighted by Gasteiger charge is 2.31. The van der Waals surface area contributed by atoms with Gasteiger partial charge in [0.15, 0.2) is 5.69 Å². The molecule has 0 saturated carbocycles. The van der Waals surface area contributed by atoms with Gasteiger partial charge in [0.25, 0.3) is 5.91 Å². The zero-order chi connectivity index (χ0) is 17.9. The van der Waals surface area contributed by atoms with Crippen molar-refractivity contribution < 1.29 is 4.79 Å². The minimum atomic E-state index is 0.0234. The van der Waals surface area contributed by atoms with E-state index in [1.54, 1.807) is 11.3 Å². The van der Waals surface area contributed by atoms with Crippen molar-refractivity contribution in [3.8, 4) is 16.3 Å². The quantitative estimate of drug-likeness (QED) is 0.753. The highest BCUT2D eigenvalue weighted by molar-refractivity contribution is 7.13. The molecule has 0 aliphatic carbocycles. The van der Waals surface area contributed by atoms with Crippen molar-refractivity contribution in [2.75, 3.05) is 20.1 Å². The number of likely N-dealkylation sites (N-methyl/N-ethyl adjacent to an activating group) is 1. The molecule has 1 aromatic carbocycles. The van der Waals surface area contributed by atoms with Crippen LogP contribution in [0.5, 0.6) is 0 Å². The van der Waals surface area contributed by atoms with E-state index in [4.69, 9.17) is 0 Å². The summed E-state index contributed by atoms with van der Waals surface area (Å²) in [6, 6.07) is 16.2.